The average Bonchev–Trinajstić information content (AvgIpc) is 3.23. The number of benzene rings is 4. The maximum atomic E-state index is 14.1. The van der Waals surface area contributed by atoms with Crippen LogP contribution in [0, 0.1) is 5.41 Å². The van der Waals surface area contributed by atoms with E-state index in [1.807, 2.05) is 41.1 Å². The summed E-state index contributed by atoms with van der Waals surface area (Å²) in [5, 5.41) is 10.3. The second kappa shape index (κ2) is 22.3. The quantitative estimate of drug-likeness (QED) is 0.0250. The molecular formula is C44H54ClF3N5O8PS3. The van der Waals surface area contributed by atoms with Crippen molar-refractivity contribution in [1.29, 1.82) is 0 Å². The van der Waals surface area contributed by atoms with Crippen LogP contribution in [0.1, 0.15) is 55.5 Å². The Balaban J connectivity index is 1.25. The number of hydrogen-bond donors (Lipinski definition) is 6. The van der Waals surface area contributed by atoms with Gasteiger partial charge in [-0.1, -0.05) is 61.4 Å². The van der Waals surface area contributed by atoms with Gasteiger partial charge in [-0.3, -0.25) is 9.36 Å². The van der Waals surface area contributed by atoms with Crippen molar-refractivity contribution in [2.75, 3.05) is 62.3 Å². The number of hydrogen-bond acceptors (Lipinski definition) is 11. The lowest BCUT2D eigenvalue weighted by Crippen LogP contribution is -2.33. The highest BCUT2D eigenvalue weighted by atomic mass is 35.5. The lowest BCUT2D eigenvalue weighted by molar-refractivity contribution is -0.0436. The zero-order valence-corrected chi connectivity index (χ0v) is 40.2. The fourth-order valence-electron chi connectivity index (χ4n) is 7.15. The number of carbonyl (C=O) groups excluding carboxylic acids is 1. The molecule has 4 aromatic carbocycles. The molecule has 0 spiro atoms. The van der Waals surface area contributed by atoms with Crippen LogP contribution in [-0.4, -0.2) is 101 Å². The van der Waals surface area contributed by atoms with E-state index >= 15 is 0 Å². The first-order valence-corrected chi connectivity index (χ1v) is 26.8. The monoisotopic (exact) mass is 999 g/mol. The van der Waals surface area contributed by atoms with Gasteiger partial charge in [0.1, 0.15) is 4.90 Å². The summed E-state index contributed by atoms with van der Waals surface area (Å²) in [6, 6.07) is 24.2. The van der Waals surface area contributed by atoms with Crippen molar-refractivity contribution in [2.45, 2.75) is 65.8 Å². The summed E-state index contributed by atoms with van der Waals surface area (Å²) < 4.78 is 108. The summed E-state index contributed by atoms with van der Waals surface area (Å²) in [7, 11) is -13.7. The Hall–Kier alpha value is -3.91. The maximum Gasteiger partial charge on any atom is 0.501 e. The molecule has 4 aromatic rings. The summed E-state index contributed by atoms with van der Waals surface area (Å²) >= 11 is 7.45. The number of nitrogens with zero attached hydrogens (tertiary/aromatic N) is 1. The summed E-state index contributed by atoms with van der Waals surface area (Å²) in [5.41, 5.74) is -1.76. The third-order valence-electron chi connectivity index (χ3n) is 10.8. The first kappa shape index (κ1) is 52.1. The highest BCUT2D eigenvalue weighted by molar-refractivity contribution is 7.99. The smallest absolute Gasteiger partial charge is 0.384 e. The molecule has 0 aliphatic heterocycles. The SMILES string of the molecule is CN(CC[C@H](CSc1ccccc1)Nc1ccc(S(=O)(=O)NC(=O)c2ccc(NCCNCC3=C(c4ccc(Cl)cc4)CCC(C)(C)C3)cc2)cc1S(=O)(=O)C(F)(F)F)CCP(=O)(O)O. The molecule has 354 valence electrons. The fourth-order valence-corrected chi connectivity index (χ4v) is 10.9. The van der Waals surface area contributed by atoms with Crippen molar-refractivity contribution in [3.8, 4) is 0 Å². The largest absolute Gasteiger partial charge is 0.501 e. The third-order valence-corrected chi connectivity index (χ3v) is 15.8. The molecule has 0 unspecified atom stereocenters. The zero-order chi connectivity index (χ0) is 47.6. The van der Waals surface area contributed by atoms with Crippen LogP contribution in [0.3, 0.4) is 0 Å². The Labute approximate surface area is 388 Å². The molecule has 0 radical (unpaired) electrons. The molecule has 0 bridgehead atoms. The van der Waals surface area contributed by atoms with E-state index in [1.165, 1.54) is 40.6 Å². The number of thioether (sulfide) groups is 1. The van der Waals surface area contributed by atoms with E-state index in [2.05, 4.69) is 29.8 Å². The number of allylic oxidation sites excluding steroid dienone is 1. The van der Waals surface area contributed by atoms with E-state index in [0.29, 0.717) is 36.4 Å². The van der Waals surface area contributed by atoms with Gasteiger partial charge in [0.2, 0.25) is 0 Å². The van der Waals surface area contributed by atoms with Gasteiger partial charge in [-0.25, -0.2) is 21.6 Å². The molecule has 1 aliphatic rings. The van der Waals surface area contributed by atoms with Gasteiger partial charge in [-0.2, -0.15) is 13.2 Å². The van der Waals surface area contributed by atoms with Crippen molar-refractivity contribution in [3.63, 3.8) is 0 Å². The molecule has 0 aromatic heterocycles. The van der Waals surface area contributed by atoms with Crippen molar-refractivity contribution in [3.05, 3.63) is 119 Å². The summed E-state index contributed by atoms with van der Waals surface area (Å²) in [4.78, 5) is 31.9. The molecule has 6 N–H and O–H groups in total. The van der Waals surface area contributed by atoms with Crippen molar-refractivity contribution in [1.82, 2.24) is 14.9 Å². The van der Waals surface area contributed by atoms with Crippen molar-refractivity contribution < 1.29 is 49.2 Å². The minimum atomic E-state index is -6.14. The van der Waals surface area contributed by atoms with Gasteiger partial charge in [0.25, 0.3) is 25.8 Å². The van der Waals surface area contributed by atoms with Crippen LogP contribution in [0.5, 0.6) is 0 Å². The first-order chi connectivity index (χ1) is 30.4. The standard InChI is InChI=1S/C44H54ClF3N5O8PS3/c1-43(2)21-19-39(31-9-13-34(45)14-10-31)33(28-43)29-49-22-23-50-35-15-11-32(12-16-35)42(54)52-65(60,61)38-17-18-40(41(27-38)64(58,59)44(46,47)48)51-36(30-63-37-7-5-4-6-8-37)20-24-53(3)25-26-62(55,56)57/h4-18,27,36,49-51H,19-26,28-30H2,1-3H3,(H,52,54)(H2,55,56,57)/t36-/m1/s1. The number of amides is 1. The minimum Gasteiger partial charge on any atom is -0.384 e. The van der Waals surface area contributed by atoms with Crippen LogP contribution in [0.15, 0.2) is 117 Å². The topological polar surface area (TPSA) is 194 Å². The maximum absolute atomic E-state index is 14.1. The second-order valence-electron chi connectivity index (χ2n) is 16.6. The number of sulfonamides is 1. The molecule has 65 heavy (non-hydrogen) atoms. The highest BCUT2D eigenvalue weighted by Gasteiger charge is 2.48. The molecule has 0 saturated carbocycles. The fraction of sp³-hybridized carbons (Fsp3) is 0.386. The number of sulfone groups is 1. The van der Waals surface area contributed by atoms with Gasteiger partial charge in [0, 0.05) is 59.1 Å². The molecule has 0 fully saturated rings. The van der Waals surface area contributed by atoms with Crippen molar-refractivity contribution >= 4 is 73.7 Å². The van der Waals surface area contributed by atoms with Crippen molar-refractivity contribution in [2.24, 2.45) is 5.41 Å². The molecule has 0 saturated heterocycles. The van der Waals surface area contributed by atoms with Crippen LogP contribution in [0.2, 0.25) is 5.02 Å². The number of nitrogens with one attached hydrogen (secondary N) is 4. The first-order valence-electron chi connectivity index (χ1n) is 20.6. The van der Waals surface area contributed by atoms with Gasteiger partial charge in [0.05, 0.1) is 16.7 Å². The molecule has 1 atom stereocenters. The Kier molecular flexibility index (Phi) is 17.8. The van der Waals surface area contributed by atoms with Gasteiger partial charge in [-0.05, 0) is 123 Å². The highest BCUT2D eigenvalue weighted by Crippen LogP contribution is 2.42. The summed E-state index contributed by atoms with van der Waals surface area (Å²) in [6.45, 7) is 6.61. The van der Waals surface area contributed by atoms with Crippen LogP contribution < -0.4 is 20.7 Å². The normalized spacial score (nSPS) is 15.2. The van der Waals surface area contributed by atoms with Gasteiger partial charge in [-0.15, -0.1) is 11.8 Å². The lowest BCUT2D eigenvalue weighted by Gasteiger charge is -2.34. The number of halogens is 4. The zero-order valence-electron chi connectivity index (χ0n) is 36.1. The molecule has 13 nitrogen and oxygen atoms in total. The number of carbonyl (C=O) groups is 1. The number of anilines is 2. The molecular weight excluding hydrogens is 946 g/mol. The van der Waals surface area contributed by atoms with Crippen LogP contribution in [0.25, 0.3) is 5.57 Å². The Bertz CT molecular complexity index is 2560. The van der Waals surface area contributed by atoms with Gasteiger partial charge < -0.3 is 30.6 Å². The van der Waals surface area contributed by atoms with Gasteiger partial charge in [0.15, 0.2) is 0 Å². The van der Waals surface area contributed by atoms with E-state index in [1.54, 1.807) is 42.3 Å². The van der Waals surface area contributed by atoms with Crippen LogP contribution in [-0.2, 0) is 24.4 Å². The van der Waals surface area contributed by atoms with Crippen LogP contribution >= 0.6 is 31.0 Å². The van der Waals surface area contributed by atoms with E-state index < -0.39 is 66.6 Å². The molecule has 0 heterocycles. The second-order valence-corrected chi connectivity index (χ2v) is 23.5. The predicted molar refractivity (Wildman–Crippen MR) is 252 cm³/mol. The molecule has 1 amide bonds. The van der Waals surface area contributed by atoms with E-state index in [0.717, 1.165) is 36.3 Å². The predicted octanol–water partition coefficient (Wildman–Crippen LogP) is 8.49. The summed E-state index contributed by atoms with van der Waals surface area (Å²) in [6.07, 6.45) is 2.78. The molecule has 1 aliphatic carbocycles. The lowest BCUT2D eigenvalue weighted by atomic mass is 9.73. The van der Waals surface area contributed by atoms with Gasteiger partial charge >= 0.3 is 13.1 Å². The Morgan fingerprint density at radius 1 is 0.938 bits per heavy atom. The Morgan fingerprint density at radius 3 is 2.26 bits per heavy atom. The van der Waals surface area contributed by atoms with E-state index in [9.17, 15) is 49.2 Å². The van der Waals surface area contributed by atoms with E-state index in [-0.39, 0.29) is 36.2 Å². The molecule has 21 heteroatoms. The third kappa shape index (κ3) is 15.6. The van der Waals surface area contributed by atoms with E-state index in [4.69, 9.17) is 11.6 Å². The Morgan fingerprint density at radius 2 is 1.62 bits per heavy atom. The average molecular weight is 1000 g/mol. The van der Waals surface area contributed by atoms with Crippen LogP contribution in [0.4, 0.5) is 24.5 Å². The molecule has 5 rings (SSSR count). The number of rotatable bonds is 22. The number of alkyl halides is 3. The minimum absolute atomic E-state index is 0.0133. The summed E-state index contributed by atoms with van der Waals surface area (Å²) in [5.74, 6) is -0.881.